The lowest BCUT2D eigenvalue weighted by Gasteiger charge is -2.06. The zero-order chi connectivity index (χ0) is 18.3. The largest absolute Gasteiger partial charge is 0.321 e. The van der Waals surface area contributed by atoms with Crippen molar-refractivity contribution in [1.29, 1.82) is 0 Å². The number of allylic oxidation sites excluding steroid dienone is 2. The Morgan fingerprint density at radius 2 is 1.81 bits per heavy atom. The molecule has 1 N–H and O–H groups in total. The molecule has 1 aromatic heterocycles. The normalized spacial score (nSPS) is 16.7. The second-order valence-corrected chi connectivity index (χ2v) is 6.50. The molecule has 2 aromatic rings. The minimum atomic E-state index is -0.226. The van der Waals surface area contributed by atoms with E-state index in [0.717, 1.165) is 16.7 Å². The summed E-state index contributed by atoms with van der Waals surface area (Å²) in [7, 11) is 0. The van der Waals surface area contributed by atoms with E-state index in [1.54, 1.807) is 6.20 Å². The number of amides is 1. The highest BCUT2D eigenvalue weighted by molar-refractivity contribution is 6.31. The van der Waals surface area contributed by atoms with Crippen molar-refractivity contribution in [2.24, 2.45) is 0 Å². The average molecular weight is 342 g/mol. The van der Waals surface area contributed by atoms with Crippen LogP contribution < -0.4 is 5.32 Å². The molecule has 0 atom stereocenters. The zero-order valence-corrected chi connectivity index (χ0v) is 14.7. The van der Waals surface area contributed by atoms with Crippen LogP contribution in [0.3, 0.4) is 0 Å². The number of fused-ring (bicyclic) bond motifs is 1. The summed E-state index contributed by atoms with van der Waals surface area (Å²) < 4.78 is 0. The number of hydrogen-bond donors (Lipinski definition) is 1. The molecule has 0 saturated carbocycles. The quantitative estimate of drug-likeness (QED) is 0.925. The van der Waals surface area contributed by atoms with Crippen LogP contribution in [0.25, 0.3) is 17.3 Å². The number of aromatic nitrogens is 1. The van der Waals surface area contributed by atoms with Crippen molar-refractivity contribution in [1.82, 2.24) is 10.3 Å². The number of ketones is 1. The molecule has 4 rings (SSSR count). The Morgan fingerprint density at radius 1 is 1.04 bits per heavy atom. The Labute approximate surface area is 152 Å². The highest BCUT2D eigenvalue weighted by atomic mass is 16.2. The maximum atomic E-state index is 12.7. The molecule has 4 heteroatoms. The monoisotopic (exact) mass is 342 g/mol. The minimum Gasteiger partial charge on any atom is -0.321 e. The van der Waals surface area contributed by atoms with Gasteiger partial charge in [-0.25, -0.2) is 0 Å². The first-order valence-electron chi connectivity index (χ1n) is 8.57. The Balaban J connectivity index is 1.82. The molecule has 1 aliphatic carbocycles. The molecule has 2 aliphatic rings. The summed E-state index contributed by atoms with van der Waals surface area (Å²) in [6, 6.07) is 11.6. The third kappa shape index (κ3) is 2.60. The first kappa shape index (κ1) is 16.2. The maximum absolute atomic E-state index is 12.7. The van der Waals surface area contributed by atoms with E-state index in [4.69, 9.17) is 0 Å². The maximum Gasteiger partial charge on any atom is 0.256 e. The van der Waals surface area contributed by atoms with Crippen LogP contribution in [-0.2, 0) is 9.59 Å². The zero-order valence-electron chi connectivity index (χ0n) is 14.7. The molecule has 0 radical (unpaired) electrons. The molecule has 0 fully saturated rings. The van der Waals surface area contributed by atoms with Gasteiger partial charge in [-0.05, 0) is 42.2 Å². The molecular weight excluding hydrogens is 324 g/mol. The summed E-state index contributed by atoms with van der Waals surface area (Å²) in [4.78, 5) is 29.7. The van der Waals surface area contributed by atoms with Gasteiger partial charge in [-0.2, -0.15) is 0 Å². The number of carbonyl (C=O) groups is 2. The molecule has 1 aliphatic heterocycles. The predicted molar refractivity (Wildman–Crippen MR) is 102 cm³/mol. The van der Waals surface area contributed by atoms with Gasteiger partial charge in [-0.1, -0.05) is 42.5 Å². The number of nitrogens with one attached hydrogen (secondary N) is 1. The van der Waals surface area contributed by atoms with E-state index in [2.05, 4.69) is 10.3 Å². The Morgan fingerprint density at radius 3 is 2.46 bits per heavy atom. The van der Waals surface area contributed by atoms with E-state index in [0.29, 0.717) is 28.1 Å². The second kappa shape index (κ2) is 6.23. The molecule has 0 spiro atoms. The van der Waals surface area contributed by atoms with Crippen molar-refractivity contribution in [3.8, 4) is 0 Å². The summed E-state index contributed by atoms with van der Waals surface area (Å²) in [5.41, 5.74) is 5.91. The van der Waals surface area contributed by atoms with E-state index < -0.39 is 0 Å². The molecule has 0 bridgehead atoms. The molecule has 26 heavy (non-hydrogen) atoms. The van der Waals surface area contributed by atoms with E-state index in [1.165, 1.54) is 0 Å². The number of pyridine rings is 1. The van der Waals surface area contributed by atoms with E-state index >= 15 is 0 Å². The third-order valence-electron chi connectivity index (χ3n) is 4.66. The molecule has 1 aromatic carbocycles. The molecule has 2 heterocycles. The van der Waals surface area contributed by atoms with Crippen molar-refractivity contribution < 1.29 is 9.59 Å². The number of carbonyl (C=O) groups excluding carboxylic acids is 2. The van der Waals surface area contributed by atoms with Crippen molar-refractivity contribution in [2.75, 3.05) is 0 Å². The molecular formula is C22H18N2O2. The van der Waals surface area contributed by atoms with Crippen LogP contribution in [0.15, 0.2) is 59.8 Å². The molecule has 128 valence electrons. The summed E-state index contributed by atoms with van der Waals surface area (Å²) >= 11 is 0. The van der Waals surface area contributed by atoms with Gasteiger partial charge in [0.05, 0.1) is 22.5 Å². The number of aryl methyl sites for hydroxylation is 1. The van der Waals surface area contributed by atoms with Crippen molar-refractivity contribution in [3.63, 3.8) is 0 Å². The Bertz CT molecular complexity index is 1010. The Hall–Kier alpha value is -3.27. The lowest BCUT2D eigenvalue weighted by Crippen LogP contribution is -2.16. The van der Waals surface area contributed by atoms with Crippen LogP contribution in [0.2, 0.25) is 0 Å². The summed E-state index contributed by atoms with van der Waals surface area (Å²) in [6.45, 7) is 3.92. The standard InChI is InChI=1S/C22H18N2O2/c1-3-4-14-6-8-15(9-7-14)21-20-18(25)11-16(19(20)22(26)24-21)17-10-5-13(2)12-23-17/h3-10,12H,11H2,1-2H3,(H,24,26)/b4-3+. The van der Waals surface area contributed by atoms with Crippen molar-refractivity contribution in [2.45, 2.75) is 20.3 Å². The van der Waals surface area contributed by atoms with Crippen molar-refractivity contribution >= 4 is 29.0 Å². The van der Waals surface area contributed by atoms with Gasteiger partial charge in [-0.3, -0.25) is 14.6 Å². The number of benzene rings is 1. The van der Waals surface area contributed by atoms with Crippen LogP contribution >= 0.6 is 0 Å². The fourth-order valence-corrected chi connectivity index (χ4v) is 3.42. The van der Waals surface area contributed by atoms with Crippen LogP contribution in [0.1, 0.15) is 35.7 Å². The number of rotatable bonds is 3. The Kier molecular flexibility index (Phi) is 3.88. The third-order valence-corrected chi connectivity index (χ3v) is 4.66. The van der Waals surface area contributed by atoms with Gasteiger partial charge in [0, 0.05) is 12.6 Å². The molecule has 4 nitrogen and oxygen atoms in total. The fourth-order valence-electron chi connectivity index (χ4n) is 3.42. The van der Waals surface area contributed by atoms with Gasteiger partial charge in [0.15, 0.2) is 5.78 Å². The number of hydrogen-bond acceptors (Lipinski definition) is 3. The molecule has 1 amide bonds. The van der Waals surface area contributed by atoms with Gasteiger partial charge in [0.2, 0.25) is 0 Å². The van der Waals surface area contributed by atoms with Crippen LogP contribution in [0.5, 0.6) is 0 Å². The summed E-state index contributed by atoms with van der Waals surface area (Å²) in [5, 5.41) is 2.88. The smallest absolute Gasteiger partial charge is 0.256 e. The van der Waals surface area contributed by atoms with E-state index in [-0.39, 0.29) is 18.1 Å². The second-order valence-electron chi connectivity index (χ2n) is 6.50. The highest BCUT2D eigenvalue weighted by Gasteiger charge is 2.40. The van der Waals surface area contributed by atoms with Crippen molar-refractivity contribution in [3.05, 3.63) is 82.2 Å². The summed E-state index contributed by atoms with van der Waals surface area (Å²) in [6.07, 6.45) is 5.94. The van der Waals surface area contributed by atoms with Gasteiger partial charge in [0.1, 0.15) is 0 Å². The lowest BCUT2D eigenvalue weighted by atomic mass is 10.0. The first-order chi connectivity index (χ1) is 12.6. The predicted octanol–water partition coefficient (Wildman–Crippen LogP) is 3.69. The first-order valence-corrected chi connectivity index (χ1v) is 8.57. The SMILES string of the molecule is C/C=C/c1ccc(C2=C3C(=O)CC(c4ccc(C)cn4)=C3C(=O)N2)cc1. The van der Waals surface area contributed by atoms with E-state index in [1.807, 2.05) is 62.4 Å². The molecule has 0 saturated heterocycles. The van der Waals surface area contributed by atoms with Crippen LogP contribution in [-0.4, -0.2) is 16.7 Å². The fraction of sp³-hybridized carbons (Fsp3) is 0.136. The van der Waals surface area contributed by atoms with Crippen LogP contribution in [0.4, 0.5) is 0 Å². The van der Waals surface area contributed by atoms with Gasteiger partial charge in [-0.15, -0.1) is 0 Å². The van der Waals surface area contributed by atoms with Gasteiger partial charge >= 0.3 is 0 Å². The lowest BCUT2D eigenvalue weighted by molar-refractivity contribution is -0.116. The average Bonchev–Trinajstić information content (AvgIpc) is 3.16. The van der Waals surface area contributed by atoms with Gasteiger partial charge < -0.3 is 5.32 Å². The minimum absolute atomic E-state index is 0.0387. The topological polar surface area (TPSA) is 59.1 Å². The van der Waals surface area contributed by atoms with Crippen LogP contribution in [0, 0.1) is 6.92 Å². The summed E-state index contributed by atoms with van der Waals surface area (Å²) in [5.74, 6) is -0.265. The molecule has 0 unspecified atom stereocenters. The highest BCUT2D eigenvalue weighted by Crippen LogP contribution is 2.41. The number of nitrogens with zero attached hydrogens (tertiary/aromatic N) is 1. The van der Waals surface area contributed by atoms with Gasteiger partial charge in [0.25, 0.3) is 5.91 Å². The number of Topliss-reactive ketones (excluding diaryl/α,β-unsaturated/α-hetero) is 1. The van der Waals surface area contributed by atoms with E-state index in [9.17, 15) is 9.59 Å².